The van der Waals surface area contributed by atoms with Crippen molar-refractivity contribution in [3.8, 4) is 0 Å². The predicted octanol–water partition coefficient (Wildman–Crippen LogP) is 0.115. The molecule has 0 saturated carbocycles. The summed E-state index contributed by atoms with van der Waals surface area (Å²) < 4.78 is 23.1. The van der Waals surface area contributed by atoms with E-state index in [2.05, 4.69) is 0 Å². The molecule has 6 nitrogen and oxygen atoms in total. The zero-order valence-corrected chi connectivity index (χ0v) is 14.3. The second-order valence-electron chi connectivity index (χ2n) is 6.35. The third-order valence-electron chi connectivity index (χ3n) is 3.73. The average molecular weight is 320 g/mol. The molecular weight excluding hydrogens is 292 g/mol. The molecule has 0 aromatic rings. The number of aliphatic hydroxyl groups is 1. The van der Waals surface area contributed by atoms with Crippen LogP contribution in [0.5, 0.6) is 0 Å². The second-order valence-corrected chi connectivity index (χ2v) is 8.58. The minimum absolute atomic E-state index is 0.0642. The van der Waals surface area contributed by atoms with Gasteiger partial charge < -0.3 is 10.0 Å². The van der Waals surface area contributed by atoms with E-state index in [0.717, 1.165) is 0 Å². The smallest absolute Gasteiger partial charge is 0.237 e. The Morgan fingerprint density at radius 1 is 1.29 bits per heavy atom. The summed E-state index contributed by atoms with van der Waals surface area (Å²) in [6.45, 7) is 9.03. The number of likely N-dealkylation sites (N-methyl/N-ethyl adjacent to an activating group) is 2. The summed E-state index contributed by atoms with van der Waals surface area (Å²) in [6, 6.07) is -0.201. The fourth-order valence-corrected chi connectivity index (χ4v) is 4.50. The van der Waals surface area contributed by atoms with Crippen LogP contribution in [0.4, 0.5) is 0 Å². The Kier molecular flexibility index (Phi) is 6.19. The summed E-state index contributed by atoms with van der Waals surface area (Å²) in [4.78, 5) is 16.0. The molecule has 0 spiro atoms. The Labute approximate surface area is 128 Å². The molecule has 1 N–H and O–H groups in total. The van der Waals surface area contributed by atoms with E-state index < -0.39 is 15.4 Å². The number of amides is 1. The van der Waals surface area contributed by atoms with Gasteiger partial charge in [-0.2, -0.15) is 0 Å². The number of nitrogens with zero attached hydrogens (tertiary/aromatic N) is 2. The molecule has 124 valence electrons. The van der Waals surface area contributed by atoms with Gasteiger partial charge >= 0.3 is 0 Å². The Hall–Kier alpha value is -0.660. The summed E-state index contributed by atoms with van der Waals surface area (Å²) in [5.41, 5.74) is -0.857. The van der Waals surface area contributed by atoms with E-state index in [4.69, 9.17) is 0 Å². The van der Waals surface area contributed by atoms with Gasteiger partial charge in [0.25, 0.3) is 0 Å². The molecule has 0 aromatic carbocycles. The quantitative estimate of drug-likeness (QED) is 0.721. The van der Waals surface area contributed by atoms with Gasteiger partial charge in [0.15, 0.2) is 9.84 Å². The molecule has 0 bridgehead atoms. The molecule has 0 aliphatic carbocycles. The molecule has 1 amide bonds. The normalized spacial score (nSPS) is 21.7. The van der Waals surface area contributed by atoms with Crippen LogP contribution >= 0.6 is 0 Å². The molecule has 1 unspecified atom stereocenters. The van der Waals surface area contributed by atoms with Crippen LogP contribution in [0.15, 0.2) is 0 Å². The van der Waals surface area contributed by atoms with Gasteiger partial charge in [0.05, 0.1) is 23.7 Å². The maximum Gasteiger partial charge on any atom is 0.237 e. The molecule has 1 aliphatic heterocycles. The van der Waals surface area contributed by atoms with Gasteiger partial charge in [0.2, 0.25) is 5.91 Å². The molecule has 1 rings (SSSR count). The minimum Gasteiger partial charge on any atom is -0.389 e. The first-order valence-electron chi connectivity index (χ1n) is 7.52. The van der Waals surface area contributed by atoms with Crippen molar-refractivity contribution in [1.82, 2.24) is 9.80 Å². The summed E-state index contributed by atoms with van der Waals surface area (Å²) in [7, 11) is -2.99. The molecule has 21 heavy (non-hydrogen) atoms. The van der Waals surface area contributed by atoms with Gasteiger partial charge in [0.1, 0.15) is 0 Å². The summed E-state index contributed by atoms with van der Waals surface area (Å²) in [5, 5.41) is 9.86. The summed E-state index contributed by atoms with van der Waals surface area (Å²) in [6.07, 6.45) is 0.527. The fraction of sp³-hybridized carbons (Fsp3) is 0.929. The van der Waals surface area contributed by atoms with Crippen molar-refractivity contribution in [2.45, 2.75) is 45.8 Å². The van der Waals surface area contributed by atoms with Crippen molar-refractivity contribution in [2.75, 3.05) is 37.7 Å². The average Bonchev–Trinajstić information content (AvgIpc) is 2.67. The molecule has 1 heterocycles. The Morgan fingerprint density at radius 3 is 2.29 bits per heavy atom. The van der Waals surface area contributed by atoms with Crippen molar-refractivity contribution in [1.29, 1.82) is 0 Å². The summed E-state index contributed by atoms with van der Waals surface area (Å²) in [5.74, 6) is 0.179. The van der Waals surface area contributed by atoms with Gasteiger partial charge in [-0.15, -0.1) is 0 Å². The van der Waals surface area contributed by atoms with E-state index in [0.29, 0.717) is 26.1 Å². The monoisotopic (exact) mass is 320 g/mol. The highest BCUT2D eigenvalue weighted by molar-refractivity contribution is 7.91. The zero-order chi connectivity index (χ0) is 16.3. The van der Waals surface area contributed by atoms with Crippen LogP contribution < -0.4 is 0 Å². The van der Waals surface area contributed by atoms with Crippen LogP contribution in [0.2, 0.25) is 0 Å². The highest BCUT2D eigenvalue weighted by atomic mass is 32.2. The van der Waals surface area contributed by atoms with Crippen LogP contribution in [-0.4, -0.2) is 78.6 Å². The van der Waals surface area contributed by atoms with Crippen molar-refractivity contribution in [3.05, 3.63) is 0 Å². The molecule has 1 atom stereocenters. The lowest BCUT2D eigenvalue weighted by atomic mass is 10.1. The zero-order valence-electron chi connectivity index (χ0n) is 13.5. The summed E-state index contributed by atoms with van der Waals surface area (Å²) >= 11 is 0. The number of sulfone groups is 1. The van der Waals surface area contributed by atoms with Gasteiger partial charge in [0, 0.05) is 19.1 Å². The van der Waals surface area contributed by atoms with Crippen molar-refractivity contribution < 1.29 is 18.3 Å². The molecule has 1 fully saturated rings. The van der Waals surface area contributed by atoms with Crippen LogP contribution in [-0.2, 0) is 14.6 Å². The fourth-order valence-electron chi connectivity index (χ4n) is 2.77. The van der Waals surface area contributed by atoms with Crippen molar-refractivity contribution in [2.24, 2.45) is 0 Å². The van der Waals surface area contributed by atoms with Gasteiger partial charge in [-0.1, -0.05) is 6.92 Å². The van der Waals surface area contributed by atoms with Crippen LogP contribution in [0.1, 0.15) is 34.1 Å². The number of carbonyl (C=O) groups is 1. The Balaban J connectivity index is 2.66. The van der Waals surface area contributed by atoms with E-state index in [1.165, 1.54) is 0 Å². The maximum atomic E-state index is 12.4. The highest BCUT2D eigenvalue weighted by Crippen LogP contribution is 2.18. The minimum atomic E-state index is -2.99. The molecule has 1 saturated heterocycles. The van der Waals surface area contributed by atoms with Crippen LogP contribution in [0.3, 0.4) is 0 Å². The topological polar surface area (TPSA) is 77.9 Å². The first-order valence-corrected chi connectivity index (χ1v) is 9.34. The first kappa shape index (κ1) is 18.4. The third kappa shape index (κ3) is 5.92. The van der Waals surface area contributed by atoms with E-state index in [-0.39, 0.29) is 30.0 Å². The van der Waals surface area contributed by atoms with Gasteiger partial charge in [-0.05, 0) is 33.7 Å². The molecule has 7 heteroatoms. The van der Waals surface area contributed by atoms with Gasteiger partial charge in [-0.25, -0.2) is 8.42 Å². The van der Waals surface area contributed by atoms with E-state index >= 15 is 0 Å². The number of carbonyl (C=O) groups excluding carboxylic acids is 1. The Morgan fingerprint density at radius 2 is 1.90 bits per heavy atom. The lowest BCUT2D eigenvalue weighted by Crippen LogP contribution is -2.48. The van der Waals surface area contributed by atoms with Gasteiger partial charge in [-0.3, -0.25) is 9.69 Å². The first-order chi connectivity index (χ1) is 9.58. The van der Waals surface area contributed by atoms with Crippen molar-refractivity contribution >= 4 is 15.7 Å². The maximum absolute atomic E-state index is 12.4. The molecule has 0 aromatic heterocycles. The highest BCUT2D eigenvalue weighted by Gasteiger charge is 2.34. The second kappa shape index (κ2) is 7.07. The number of hydrogen-bond acceptors (Lipinski definition) is 5. The Bertz CT molecular complexity index is 456. The molecular formula is C14H28N2O4S. The van der Waals surface area contributed by atoms with E-state index in [1.807, 2.05) is 18.7 Å². The SMILES string of the molecule is CCN(CC(=O)N(CC)C1CCS(=O)(=O)C1)CC(C)(C)O. The largest absolute Gasteiger partial charge is 0.389 e. The number of hydrogen-bond donors (Lipinski definition) is 1. The molecule has 0 radical (unpaired) electrons. The number of rotatable bonds is 7. The molecule has 1 aliphatic rings. The van der Waals surface area contributed by atoms with Crippen LogP contribution in [0, 0.1) is 0 Å². The van der Waals surface area contributed by atoms with E-state index in [9.17, 15) is 18.3 Å². The standard InChI is InChI=1S/C14H28N2O4S/c1-5-15(11-14(3,4)18)9-13(17)16(6-2)12-7-8-21(19,20)10-12/h12,18H,5-11H2,1-4H3. The lowest BCUT2D eigenvalue weighted by molar-refractivity contribution is -0.134. The third-order valence-corrected chi connectivity index (χ3v) is 5.48. The van der Waals surface area contributed by atoms with Crippen molar-refractivity contribution in [3.63, 3.8) is 0 Å². The lowest BCUT2D eigenvalue weighted by Gasteiger charge is -2.32. The van der Waals surface area contributed by atoms with E-state index in [1.54, 1.807) is 18.7 Å². The van der Waals surface area contributed by atoms with Crippen LogP contribution in [0.25, 0.3) is 0 Å². The predicted molar refractivity (Wildman–Crippen MR) is 82.9 cm³/mol.